The van der Waals surface area contributed by atoms with Crippen molar-refractivity contribution in [3.63, 3.8) is 0 Å². The van der Waals surface area contributed by atoms with Crippen LogP contribution in [0.4, 0.5) is 0 Å². The largest absolute Gasteiger partial charge is 0.480 e. The first-order valence-electron chi connectivity index (χ1n) is 8.19. The van der Waals surface area contributed by atoms with Crippen molar-refractivity contribution in [1.82, 2.24) is 16.0 Å². The molecule has 9 N–H and O–H groups in total. The number of carboxylic acids is 1. The Morgan fingerprint density at radius 1 is 1.00 bits per heavy atom. The molecule has 0 aliphatic heterocycles. The molecule has 0 bridgehead atoms. The predicted molar refractivity (Wildman–Crippen MR) is 92.8 cm³/mol. The molecular formula is C15H27N5O7. The van der Waals surface area contributed by atoms with E-state index in [1.165, 1.54) is 6.92 Å². The van der Waals surface area contributed by atoms with Crippen LogP contribution in [0, 0.1) is 5.92 Å². The molecule has 0 heterocycles. The summed E-state index contributed by atoms with van der Waals surface area (Å²) in [7, 11) is 0. The number of primary amides is 1. The van der Waals surface area contributed by atoms with E-state index in [0.717, 1.165) is 0 Å². The number of carbonyl (C=O) groups is 5. The first-order chi connectivity index (χ1) is 12.4. The van der Waals surface area contributed by atoms with Gasteiger partial charge in [0.2, 0.25) is 23.6 Å². The number of nitrogens with two attached hydrogens (primary N) is 2. The van der Waals surface area contributed by atoms with Gasteiger partial charge in [0.25, 0.3) is 0 Å². The van der Waals surface area contributed by atoms with E-state index >= 15 is 0 Å². The molecule has 0 aromatic rings. The summed E-state index contributed by atoms with van der Waals surface area (Å²) in [6.07, 6.45) is -1.71. The Bertz CT molecular complexity index is 579. The van der Waals surface area contributed by atoms with Gasteiger partial charge < -0.3 is 37.6 Å². The lowest BCUT2D eigenvalue weighted by molar-refractivity contribution is -0.144. The van der Waals surface area contributed by atoms with Gasteiger partial charge in [-0.05, 0) is 12.8 Å². The van der Waals surface area contributed by atoms with Gasteiger partial charge in [-0.15, -0.1) is 0 Å². The monoisotopic (exact) mass is 389 g/mol. The Hall–Kier alpha value is -2.73. The van der Waals surface area contributed by atoms with Crippen LogP contribution in [0.25, 0.3) is 0 Å². The maximum atomic E-state index is 12.3. The number of hydrogen-bond donors (Lipinski definition) is 7. The highest BCUT2D eigenvalue weighted by molar-refractivity contribution is 5.93. The lowest BCUT2D eigenvalue weighted by Crippen LogP contribution is -2.56. The van der Waals surface area contributed by atoms with E-state index in [0.29, 0.717) is 0 Å². The van der Waals surface area contributed by atoms with Crippen LogP contribution in [0.3, 0.4) is 0 Å². The van der Waals surface area contributed by atoms with Gasteiger partial charge in [-0.3, -0.25) is 19.2 Å². The van der Waals surface area contributed by atoms with E-state index in [-0.39, 0.29) is 0 Å². The molecule has 0 saturated carbocycles. The van der Waals surface area contributed by atoms with Crippen molar-refractivity contribution >= 4 is 29.6 Å². The highest BCUT2D eigenvalue weighted by atomic mass is 16.4. The van der Waals surface area contributed by atoms with Gasteiger partial charge in [-0.25, -0.2) is 4.79 Å². The lowest BCUT2D eigenvalue weighted by atomic mass is 10.0. The molecule has 0 aromatic heterocycles. The van der Waals surface area contributed by atoms with Gasteiger partial charge in [-0.1, -0.05) is 13.8 Å². The van der Waals surface area contributed by atoms with Gasteiger partial charge >= 0.3 is 5.97 Å². The highest BCUT2D eigenvalue weighted by Crippen LogP contribution is 2.03. The summed E-state index contributed by atoms with van der Waals surface area (Å²) in [6, 6.07) is -3.86. The number of hydrogen-bond acceptors (Lipinski definition) is 7. The van der Waals surface area contributed by atoms with Crippen molar-refractivity contribution in [1.29, 1.82) is 0 Å². The minimum atomic E-state index is -1.53. The molecule has 4 unspecified atom stereocenters. The standard InChI is InChI=1S/C15H27N5O7/c1-6(2)12(14(25)19-8(15(26)27)4-9(16)22)20-10(23)5-18-13(24)11(17)7(3)21/h6-8,11-12,21H,4-5,17H2,1-3H3,(H2,16,22)(H,18,24)(H,19,25)(H,20,23)(H,26,27). The van der Waals surface area contributed by atoms with Gasteiger partial charge in [0.1, 0.15) is 18.1 Å². The maximum Gasteiger partial charge on any atom is 0.326 e. The number of aliphatic carboxylic acids is 1. The third-order valence-electron chi connectivity index (χ3n) is 3.53. The molecule has 0 fully saturated rings. The SMILES string of the molecule is CC(C)C(NC(=O)CNC(=O)C(N)C(C)O)C(=O)NC(CC(N)=O)C(=O)O. The number of aliphatic hydroxyl groups excluding tert-OH is 1. The fraction of sp³-hybridized carbons (Fsp3) is 0.667. The van der Waals surface area contributed by atoms with E-state index in [9.17, 15) is 29.1 Å². The van der Waals surface area contributed by atoms with Crippen molar-refractivity contribution in [3.8, 4) is 0 Å². The molecule has 0 radical (unpaired) electrons. The van der Waals surface area contributed by atoms with E-state index < -0.39 is 72.7 Å². The molecule has 12 nitrogen and oxygen atoms in total. The highest BCUT2D eigenvalue weighted by Gasteiger charge is 2.29. The van der Waals surface area contributed by atoms with E-state index in [2.05, 4.69) is 16.0 Å². The first-order valence-corrected chi connectivity index (χ1v) is 8.19. The fourth-order valence-electron chi connectivity index (χ4n) is 1.93. The third kappa shape index (κ3) is 8.96. The first kappa shape index (κ1) is 24.3. The molecule has 0 aliphatic rings. The molecular weight excluding hydrogens is 362 g/mol. The number of nitrogens with one attached hydrogen (secondary N) is 3. The van der Waals surface area contributed by atoms with Crippen molar-refractivity contribution in [2.45, 2.75) is 51.4 Å². The van der Waals surface area contributed by atoms with Crippen LogP contribution in [-0.4, -0.2) is 70.6 Å². The third-order valence-corrected chi connectivity index (χ3v) is 3.53. The van der Waals surface area contributed by atoms with Crippen LogP contribution in [0.5, 0.6) is 0 Å². The second-order valence-corrected chi connectivity index (χ2v) is 6.34. The molecule has 27 heavy (non-hydrogen) atoms. The number of rotatable bonds is 11. The Morgan fingerprint density at radius 2 is 1.56 bits per heavy atom. The number of carboxylic acid groups (broad SMARTS) is 1. The normalized spacial score (nSPS) is 15.2. The van der Waals surface area contributed by atoms with E-state index in [4.69, 9.17) is 16.6 Å². The van der Waals surface area contributed by atoms with Gasteiger partial charge in [0, 0.05) is 0 Å². The minimum absolute atomic E-state index is 0.424. The zero-order chi connectivity index (χ0) is 21.3. The van der Waals surface area contributed by atoms with Crippen molar-refractivity contribution in [2.24, 2.45) is 17.4 Å². The van der Waals surface area contributed by atoms with Crippen LogP contribution in [0.2, 0.25) is 0 Å². The van der Waals surface area contributed by atoms with Gasteiger partial charge in [-0.2, -0.15) is 0 Å². The van der Waals surface area contributed by atoms with E-state index in [1.807, 2.05) is 0 Å². The summed E-state index contributed by atoms with van der Waals surface area (Å²) < 4.78 is 0. The van der Waals surface area contributed by atoms with Crippen LogP contribution in [-0.2, 0) is 24.0 Å². The van der Waals surface area contributed by atoms with E-state index in [1.54, 1.807) is 13.8 Å². The number of amides is 4. The second kappa shape index (κ2) is 11.1. The summed E-state index contributed by atoms with van der Waals surface area (Å²) in [4.78, 5) is 57.8. The summed E-state index contributed by atoms with van der Waals surface area (Å²) in [5.74, 6) is -5.08. The zero-order valence-corrected chi connectivity index (χ0v) is 15.4. The quantitative estimate of drug-likeness (QED) is 0.187. The Labute approximate surface area is 156 Å². The summed E-state index contributed by atoms with van der Waals surface area (Å²) in [5, 5.41) is 25.0. The molecule has 0 rings (SSSR count). The maximum absolute atomic E-state index is 12.3. The Morgan fingerprint density at radius 3 is 1.96 bits per heavy atom. The predicted octanol–water partition coefficient (Wildman–Crippen LogP) is -3.60. The van der Waals surface area contributed by atoms with Crippen LogP contribution in [0.15, 0.2) is 0 Å². The molecule has 12 heteroatoms. The molecule has 154 valence electrons. The van der Waals surface area contributed by atoms with Crippen LogP contribution in [0.1, 0.15) is 27.2 Å². The van der Waals surface area contributed by atoms with Crippen LogP contribution < -0.4 is 27.4 Å². The van der Waals surface area contributed by atoms with Crippen molar-refractivity contribution in [3.05, 3.63) is 0 Å². The van der Waals surface area contributed by atoms with Crippen molar-refractivity contribution in [2.75, 3.05) is 6.54 Å². The Kier molecular flexibility index (Phi) is 9.96. The molecule has 0 saturated heterocycles. The smallest absolute Gasteiger partial charge is 0.326 e. The summed E-state index contributed by atoms with van der Waals surface area (Å²) in [5.41, 5.74) is 10.4. The average molecular weight is 389 g/mol. The molecule has 0 aliphatic carbocycles. The minimum Gasteiger partial charge on any atom is -0.480 e. The average Bonchev–Trinajstić information content (AvgIpc) is 2.54. The zero-order valence-electron chi connectivity index (χ0n) is 15.4. The van der Waals surface area contributed by atoms with Gasteiger partial charge in [0.15, 0.2) is 0 Å². The second-order valence-electron chi connectivity index (χ2n) is 6.34. The molecule has 4 amide bonds. The lowest BCUT2D eigenvalue weighted by Gasteiger charge is -2.24. The number of carbonyl (C=O) groups excluding carboxylic acids is 4. The number of aliphatic hydroxyl groups is 1. The topological polar surface area (TPSA) is 214 Å². The van der Waals surface area contributed by atoms with Crippen LogP contribution >= 0.6 is 0 Å². The Balaban J connectivity index is 4.85. The summed E-state index contributed by atoms with van der Waals surface area (Å²) in [6.45, 7) is 4.03. The van der Waals surface area contributed by atoms with Gasteiger partial charge in [0.05, 0.1) is 19.1 Å². The molecule has 0 aromatic carbocycles. The molecule has 4 atom stereocenters. The molecule has 0 spiro atoms. The fourth-order valence-corrected chi connectivity index (χ4v) is 1.93. The summed E-state index contributed by atoms with van der Waals surface area (Å²) >= 11 is 0. The van der Waals surface area contributed by atoms with Crippen molar-refractivity contribution < 1.29 is 34.2 Å².